The second kappa shape index (κ2) is 5.97. The van der Waals surface area contributed by atoms with Gasteiger partial charge in [0.2, 0.25) is 0 Å². The van der Waals surface area contributed by atoms with Crippen molar-refractivity contribution in [3.63, 3.8) is 0 Å². The number of rotatable bonds is 3. The number of nitrogens with two attached hydrogens (primary N) is 1. The molecule has 1 fully saturated rings. The van der Waals surface area contributed by atoms with Gasteiger partial charge in [-0.25, -0.2) is 8.78 Å². The lowest BCUT2D eigenvalue weighted by atomic mass is 9.89. The van der Waals surface area contributed by atoms with E-state index in [4.69, 9.17) is 5.73 Å². The van der Waals surface area contributed by atoms with Crippen molar-refractivity contribution in [2.24, 2.45) is 17.6 Å². The van der Waals surface area contributed by atoms with Crippen LogP contribution in [0.4, 0.5) is 8.78 Å². The summed E-state index contributed by atoms with van der Waals surface area (Å²) < 4.78 is 26.7. The van der Waals surface area contributed by atoms with Gasteiger partial charge in [0.05, 0.1) is 0 Å². The molecule has 2 rings (SSSR count). The second-order valence-electron chi connectivity index (χ2n) is 5.85. The summed E-state index contributed by atoms with van der Waals surface area (Å²) in [5.74, 6) is 0.116. The van der Waals surface area contributed by atoms with Crippen LogP contribution in [-0.2, 0) is 0 Å². The molecule has 0 radical (unpaired) electrons. The molecule has 3 unspecified atom stereocenters. The van der Waals surface area contributed by atoms with Gasteiger partial charge < -0.3 is 5.73 Å². The van der Waals surface area contributed by atoms with Crippen molar-refractivity contribution in [1.82, 2.24) is 4.90 Å². The number of piperidine rings is 1. The Kier molecular flexibility index (Phi) is 4.53. The number of hydrogen-bond donors (Lipinski definition) is 1. The average molecular weight is 268 g/mol. The van der Waals surface area contributed by atoms with Crippen LogP contribution in [0.1, 0.15) is 31.9 Å². The lowest BCUT2D eigenvalue weighted by Crippen LogP contribution is -2.43. The summed E-state index contributed by atoms with van der Waals surface area (Å²) in [6.45, 7) is 6.67. The Morgan fingerprint density at radius 2 is 1.68 bits per heavy atom. The van der Waals surface area contributed by atoms with E-state index >= 15 is 0 Å². The fourth-order valence-electron chi connectivity index (χ4n) is 3.23. The van der Waals surface area contributed by atoms with E-state index in [0.29, 0.717) is 23.9 Å². The molecule has 2 N–H and O–H groups in total. The van der Waals surface area contributed by atoms with Gasteiger partial charge in [0, 0.05) is 31.7 Å². The van der Waals surface area contributed by atoms with Gasteiger partial charge in [0.15, 0.2) is 0 Å². The summed E-state index contributed by atoms with van der Waals surface area (Å²) in [4.78, 5) is 2.26. The Balaban J connectivity index is 2.23. The van der Waals surface area contributed by atoms with Crippen molar-refractivity contribution in [2.75, 3.05) is 19.6 Å². The van der Waals surface area contributed by atoms with Crippen LogP contribution in [-0.4, -0.2) is 24.5 Å². The Morgan fingerprint density at radius 3 is 2.16 bits per heavy atom. The zero-order valence-electron chi connectivity index (χ0n) is 11.6. The Morgan fingerprint density at radius 1 is 1.16 bits per heavy atom. The Hall–Kier alpha value is -1.00. The van der Waals surface area contributed by atoms with E-state index in [1.165, 1.54) is 18.6 Å². The van der Waals surface area contributed by atoms with E-state index in [-0.39, 0.29) is 6.04 Å². The van der Waals surface area contributed by atoms with Crippen molar-refractivity contribution >= 4 is 0 Å². The van der Waals surface area contributed by atoms with Crippen LogP contribution in [0.2, 0.25) is 0 Å². The minimum atomic E-state index is -0.536. The maximum absolute atomic E-state index is 13.3. The normalized spacial score (nSPS) is 26.4. The molecular formula is C15H22F2N2. The van der Waals surface area contributed by atoms with Gasteiger partial charge in [-0.15, -0.1) is 0 Å². The summed E-state index contributed by atoms with van der Waals surface area (Å²) >= 11 is 0. The monoisotopic (exact) mass is 268 g/mol. The first-order valence-corrected chi connectivity index (χ1v) is 6.89. The van der Waals surface area contributed by atoms with Gasteiger partial charge in [-0.2, -0.15) is 0 Å². The highest BCUT2D eigenvalue weighted by atomic mass is 19.1. The second-order valence-corrected chi connectivity index (χ2v) is 5.85. The molecule has 0 spiro atoms. The average Bonchev–Trinajstić information content (AvgIpc) is 2.27. The molecule has 106 valence electrons. The predicted molar refractivity (Wildman–Crippen MR) is 72.7 cm³/mol. The number of nitrogens with zero attached hydrogens (tertiary/aromatic N) is 1. The zero-order valence-corrected chi connectivity index (χ0v) is 11.6. The number of likely N-dealkylation sites (tertiary alicyclic amines) is 1. The maximum atomic E-state index is 13.3. The summed E-state index contributed by atoms with van der Waals surface area (Å²) in [5, 5.41) is 0. The summed E-state index contributed by atoms with van der Waals surface area (Å²) in [6, 6.07) is 3.59. The summed E-state index contributed by atoms with van der Waals surface area (Å²) in [6.07, 6.45) is 1.20. The van der Waals surface area contributed by atoms with Gasteiger partial charge in [0.25, 0.3) is 0 Å². The van der Waals surface area contributed by atoms with Crippen molar-refractivity contribution < 1.29 is 8.78 Å². The molecule has 19 heavy (non-hydrogen) atoms. The standard InChI is InChI=1S/C15H22F2N2/c1-10-3-11(2)9-19(8-10)15(7-18)12-4-13(16)6-14(17)5-12/h4-6,10-11,15H,3,7-9,18H2,1-2H3. The molecule has 1 aliphatic heterocycles. The Bertz CT molecular complexity index is 406. The number of benzene rings is 1. The molecular weight excluding hydrogens is 246 g/mol. The van der Waals surface area contributed by atoms with Crippen LogP contribution < -0.4 is 5.73 Å². The topological polar surface area (TPSA) is 29.3 Å². The smallest absolute Gasteiger partial charge is 0.126 e. The lowest BCUT2D eigenvalue weighted by molar-refractivity contribution is 0.0981. The van der Waals surface area contributed by atoms with E-state index < -0.39 is 11.6 Å². The van der Waals surface area contributed by atoms with Crippen LogP contribution in [0, 0.1) is 23.5 Å². The molecule has 0 aliphatic carbocycles. The summed E-state index contributed by atoms with van der Waals surface area (Å²) in [7, 11) is 0. The largest absolute Gasteiger partial charge is 0.329 e. The summed E-state index contributed by atoms with van der Waals surface area (Å²) in [5.41, 5.74) is 6.48. The van der Waals surface area contributed by atoms with Gasteiger partial charge in [-0.1, -0.05) is 13.8 Å². The molecule has 1 aromatic rings. The third-order valence-corrected chi connectivity index (χ3v) is 3.83. The van der Waals surface area contributed by atoms with Gasteiger partial charge in [-0.3, -0.25) is 4.90 Å². The zero-order chi connectivity index (χ0) is 14.0. The molecule has 0 saturated carbocycles. The van der Waals surface area contributed by atoms with E-state index in [0.717, 1.165) is 19.2 Å². The van der Waals surface area contributed by atoms with E-state index in [1.54, 1.807) is 0 Å². The number of halogens is 2. The van der Waals surface area contributed by atoms with Crippen LogP contribution in [0.25, 0.3) is 0 Å². The van der Waals surface area contributed by atoms with Crippen molar-refractivity contribution in [3.05, 3.63) is 35.4 Å². The van der Waals surface area contributed by atoms with Crippen molar-refractivity contribution in [2.45, 2.75) is 26.3 Å². The molecule has 1 saturated heterocycles. The molecule has 0 aromatic heterocycles. The predicted octanol–water partition coefficient (Wildman–Crippen LogP) is 2.94. The van der Waals surface area contributed by atoms with E-state index in [1.807, 2.05) is 0 Å². The molecule has 1 aromatic carbocycles. The van der Waals surface area contributed by atoms with Crippen molar-refractivity contribution in [1.29, 1.82) is 0 Å². The third kappa shape index (κ3) is 3.51. The fraction of sp³-hybridized carbons (Fsp3) is 0.600. The van der Waals surface area contributed by atoms with E-state index in [2.05, 4.69) is 18.7 Å². The van der Waals surface area contributed by atoms with Crippen LogP contribution in [0.15, 0.2) is 18.2 Å². The van der Waals surface area contributed by atoms with Gasteiger partial charge >= 0.3 is 0 Å². The highest BCUT2D eigenvalue weighted by Gasteiger charge is 2.28. The highest BCUT2D eigenvalue weighted by molar-refractivity contribution is 5.22. The molecule has 4 heteroatoms. The first-order valence-electron chi connectivity index (χ1n) is 6.89. The first-order chi connectivity index (χ1) is 8.99. The quantitative estimate of drug-likeness (QED) is 0.913. The highest BCUT2D eigenvalue weighted by Crippen LogP contribution is 2.29. The minimum absolute atomic E-state index is 0.101. The van der Waals surface area contributed by atoms with Gasteiger partial charge in [-0.05, 0) is 36.0 Å². The van der Waals surface area contributed by atoms with Crippen molar-refractivity contribution in [3.8, 4) is 0 Å². The molecule has 1 aliphatic rings. The van der Waals surface area contributed by atoms with Gasteiger partial charge in [0.1, 0.15) is 11.6 Å². The lowest BCUT2D eigenvalue weighted by Gasteiger charge is -2.40. The van der Waals surface area contributed by atoms with E-state index in [9.17, 15) is 8.78 Å². The fourth-order valence-corrected chi connectivity index (χ4v) is 3.23. The molecule has 1 heterocycles. The maximum Gasteiger partial charge on any atom is 0.126 e. The molecule has 2 nitrogen and oxygen atoms in total. The number of hydrogen-bond acceptors (Lipinski definition) is 2. The van der Waals surface area contributed by atoms with Crippen LogP contribution in [0.5, 0.6) is 0 Å². The molecule has 3 atom stereocenters. The third-order valence-electron chi connectivity index (χ3n) is 3.83. The minimum Gasteiger partial charge on any atom is -0.329 e. The first kappa shape index (κ1) is 14.4. The molecule has 0 bridgehead atoms. The van der Waals surface area contributed by atoms with Crippen LogP contribution >= 0.6 is 0 Å². The van der Waals surface area contributed by atoms with Crippen LogP contribution in [0.3, 0.4) is 0 Å². The Labute approximate surface area is 113 Å². The SMILES string of the molecule is CC1CC(C)CN(C(CN)c2cc(F)cc(F)c2)C1. The molecule has 0 amide bonds.